The Balaban J connectivity index is 1.38. The summed E-state index contributed by atoms with van der Waals surface area (Å²) in [5.74, 6) is 0.501. The summed E-state index contributed by atoms with van der Waals surface area (Å²) in [4.78, 5) is 23.0. The van der Waals surface area contributed by atoms with E-state index in [1.165, 1.54) is 12.1 Å². The van der Waals surface area contributed by atoms with E-state index in [0.717, 1.165) is 29.5 Å². The van der Waals surface area contributed by atoms with Crippen molar-refractivity contribution in [3.05, 3.63) is 65.7 Å². The van der Waals surface area contributed by atoms with Crippen molar-refractivity contribution in [3.63, 3.8) is 0 Å². The van der Waals surface area contributed by atoms with Gasteiger partial charge in [0.25, 0.3) is 0 Å². The van der Waals surface area contributed by atoms with Crippen molar-refractivity contribution in [2.75, 3.05) is 13.1 Å². The van der Waals surface area contributed by atoms with Crippen LogP contribution < -0.4 is 4.74 Å². The average molecular weight is 438 g/mol. The van der Waals surface area contributed by atoms with Gasteiger partial charge in [0.05, 0.1) is 5.52 Å². The van der Waals surface area contributed by atoms with E-state index < -0.39 is 5.60 Å². The molecule has 0 aliphatic carbocycles. The average Bonchev–Trinajstić information content (AvgIpc) is 2.76. The van der Waals surface area contributed by atoms with Crippen LogP contribution in [0.2, 0.25) is 0 Å². The van der Waals surface area contributed by atoms with Crippen molar-refractivity contribution in [1.82, 2.24) is 14.9 Å². The monoisotopic (exact) mass is 437 g/mol. The maximum atomic E-state index is 13.5. The Hall–Kier alpha value is -3.22. The molecular formula is C25H28FN3O3. The first-order valence-corrected chi connectivity index (χ1v) is 10.9. The van der Waals surface area contributed by atoms with Crippen molar-refractivity contribution < 1.29 is 18.7 Å². The van der Waals surface area contributed by atoms with Crippen LogP contribution in [0.3, 0.4) is 0 Å². The fraction of sp³-hybridized carbons (Fsp3) is 0.400. The van der Waals surface area contributed by atoms with Crippen LogP contribution in [0.5, 0.6) is 5.88 Å². The number of ether oxygens (including phenoxy) is 2. The Bertz CT molecular complexity index is 1110. The smallest absolute Gasteiger partial charge is 0.410 e. The largest absolute Gasteiger partial charge is 0.473 e. The van der Waals surface area contributed by atoms with Gasteiger partial charge in [-0.15, -0.1) is 0 Å². The minimum Gasteiger partial charge on any atom is -0.473 e. The number of carbonyl (C=O) groups is 1. The lowest BCUT2D eigenvalue weighted by atomic mass is 9.93. The lowest BCUT2D eigenvalue weighted by molar-refractivity contribution is 0.0204. The SMILES string of the molecule is CC(C)(C)OC(=O)N1CCC(c2cccc(OCc3ccnc4cc(F)ccc34)n2)CC1. The number of amides is 1. The fourth-order valence-electron chi connectivity index (χ4n) is 3.88. The van der Waals surface area contributed by atoms with Crippen molar-refractivity contribution in [3.8, 4) is 5.88 Å². The summed E-state index contributed by atoms with van der Waals surface area (Å²) in [6.45, 7) is 7.23. The molecule has 0 radical (unpaired) electrons. The highest BCUT2D eigenvalue weighted by Gasteiger charge is 2.28. The van der Waals surface area contributed by atoms with E-state index in [0.29, 0.717) is 31.1 Å². The highest BCUT2D eigenvalue weighted by Crippen LogP contribution is 2.29. The van der Waals surface area contributed by atoms with Gasteiger partial charge in [0, 0.05) is 54.0 Å². The molecule has 168 valence electrons. The third kappa shape index (κ3) is 5.33. The van der Waals surface area contributed by atoms with Gasteiger partial charge in [-0.25, -0.2) is 14.2 Å². The van der Waals surface area contributed by atoms with Gasteiger partial charge < -0.3 is 14.4 Å². The second-order valence-electron chi connectivity index (χ2n) is 9.06. The zero-order valence-corrected chi connectivity index (χ0v) is 18.7. The molecule has 0 unspecified atom stereocenters. The van der Waals surface area contributed by atoms with Gasteiger partial charge in [-0.3, -0.25) is 4.98 Å². The summed E-state index contributed by atoms with van der Waals surface area (Å²) in [5.41, 5.74) is 2.00. The minimum absolute atomic E-state index is 0.259. The third-order valence-corrected chi connectivity index (χ3v) is 5.48. The number of hydrogen-bond donors (Lipinski definition) is 0. The predicted octanol–water partition coefficient (Wildman–Crippen LogP) is 5.46. The molecule has 0 spiro atoms. The van der Waals surface area contributed by atoms with E-state index in [1.807, 2.05) is 45.0 Å². The Morgan fingerprint density at radius 1 is 1.16 bits per heavy atom. The minimum atomic E-state index is -0.491. The van der Waals surface area contributed by atoms with Crippen LogP contribution in [0.4, 0.5) is 9.18 Å². The fourth-order valence-corrected chi connectivity index (χ4v) is 3.88. The standard InChI is InChI=1S/C25H28FN3O3/c1-25(2,3)32-24(30)29-13-10-17(11-14-29)21-5-4-6-23(28-21)31-16-18-9-12-27-22-15-19(26)7-8-20(18)22/h4-9,12,15,17H,10-11,13-14,16H2,1-3H3. The van der Waals surface area contributed by atoms with Crippen LogP contribution in [0.25, 0.3) is 10.9 Å². The van der Waals surface area contributed by atoms with Crippen molar-refractivity contribution in [2.45, 2.75) is 51.7 Å². The molecule has 1 saturated heterocycles. The molecule has 0 atom stereocenters. The molecular weight excluding hydrogens is 409 g/mol. The number of halogens is 1. The predicted molar refractivity (Wildman–Crippen MR) is 120 cm³/mol. The number of piperidine rings is 1. The second-order valence-corrected chi connectivity index (χ2v) is 9.06. The molecule has 3 aromatic rings. The molecule has 3 heterocycles. The highest BCUT2D eigenvalue weighted by molar-refractivity contribution is 5.81. The molecule has 1 fully saturated rings. The van der Waals surface area contributed by atoms with E-state index in [4.69, 9.17) is 14.5 Å². The molecule has 6 nitrogen and oxygen atoms in total. The van der Waals surface area contributed by atoms with Crippen LogP contribution in [-0.2, 0) is 11.3 Å². The summed E-state index contributed by atoms with van der Waals surface area (Å²) >= 11 is 0. The number of fused-ring (bicyclic) bond motifs is 1. The number of rotatable bonds is 4. The molecule has 0 N–H and O–H groups in total. The highest BCUT2D eigenvalue weighted by atomic mass is 19.1. The van der Waals surface area contributed by atoms with E-state index in [2.05, 4.69) is 4.98 Å². The molecule has 1 aliphatic heterocycles. The Labute approximate surface area is 187 Å². The number of pyridine rings is 2. The van der Waals surface area contributed by atoms with Crippen LogP contribution in [-0.4, -0.2) is 39.7 Å². The van der Waals surface area contributed by atoms with Gasteiger partial charge in [-0.05, 0) is 57.9 Å². The van der Waals surface area contributed by atoms with Gasteiger partial charge in [0.1, 0.15) is 18.0 Å². The molecule has 4 rings (SSSR count). The first-order valence-electron chi connectivity index (χ1n) is 10.9. The summed E-state index contributed by atoms with van der Waals surface area (Å²) in [5, 5.41) is 0.861. The second kappa shape index (κ2) is 9.10. The summed E-state index contributed by atoms with van der Waals surface area (Å²) in [6.07, 6.45) is 3.06. The van der Waals surface area contributed by atoms with E-state index in [9.17, 15) is 9.18 Å². The van der Waals surface area contributed by atoms with Gasteiger partial charge in [-0.2, -0.15) is 0 Å². The van der Waals surface area contributed by atoms with E-state index in [-0.39, 0.29) is 17.8 Å². The molecule has 1 amide bonds. The Kier molecular flexibility index (Phi) is 6.26. The molecule has 32 heavy (non-hydrogen) atoms. The van der Waals surface area contributed by atoms with Crippen LogP contribution in [0, 0.1) is 5.82 Å². The third-order valence-electron chi connectivity index (χ3n) is 5.48. The summed E-state index contributed by atoms with van der Waals surface area (Å²) in [6, 6.07) is 12.2. The molecule has 0 bridgehead atoms. The molecule has 0 saturated carbocycles. The lowest BCUT2D eigenvalue weighted by Gasteiger charge is -2.33. The van der Waals surface area contributed by atoms with Gasteiger partial charge in [0.2, 0.25) is 5.88 Å². The van der Waals surface area contributed by atoms with E-state index >= 15 is 0 Å². The number of carbonyl (C=O) groups excluding carboxylic acids is 1. The van der Waals surface area contributed by atoms with Crippen LogP contribution >= 0.6 is 0 Å². The van der Waals surface area contributed by atoms with Crippen molar-refractivity contribution in [2.24, 2.45) is 0 Å². The number of nitrogens with zero attached hydrogens (tertiary/aromatic N) is 3. The maximum Gasteiger partial charge on any atom is 0.410 e. The lowest BCUT2D eigenvalue weighted by Crippen LogP contribution is -2.41. The Morgan fingerprint density at radius 2 is 1.94 bits per heavy atom. The molecule has 2 aromatic heterocycles. The summed E-state index contributed by atoms with van der Waals surface area (Å²) in [7, 11) is 0. The summed E-state index contributed by atoms with van der Waals surface area (Å²) < 4.78 is 24.9. The van der Waals surface area contributed by atoms with Gasteiger partial charge in [0.15, 0.2) is 0 Å². The number of likely N-dealkylation sites (tertiary alicyclic amines) is 1. The van der Waals surface area contributed by atoms with E-state index in [1.54, 1.807) is 17.2 Å². The van der Waals surface area contributed by atoms with Gasteiger partial charge >= 0.3 is 6.09 Å². The molecule has 1 aromatic carbocycles. The number of benzene rings is 1. The zero-order valence-electron chi connectivity index (χ0n) is 18.7. The van der Waals surface area contributed by atoms with Crippen molar-refractivity contribution in [1.29, 1.82) is 0 Å². The topological polar surface area (TPSA) is 64.5 Å². The van der Waals surface area contributed by atoms with Gasteiger partial charge in [-0.1, -0.05) is 6.07 Å². The Morgan fingerprint density at radius 3 is 2.69 bits per heavy atom. The zero-order chi connectivity index (χ0) is 22.7. The van der Waals surface area contributed by atoms with Crippen LogP contribution in [0.15, 0.2) is 48.7 Å². The molecule has 1 aliphatic rings. The van der Waals surface area contributed by atoms with Crippen molar-refractivity contribution >= 4 is 17.0 Å². The maximum absolute atomic E-state index is 13.5. The van der Waals surface area contributed by atoms with Crippen LogP contribution in [0.1, 0.15) is 50.8 Å². The molecule has 7 heteroatoms. The number of aromatic nitrogens is 2. The first kappa shape index (κ1) is 22.0. The quantitative estimate of drug-likeness (QED) is 0.542. The normalized spacial score (nSPS) is 15.1. The number of hydrogen-bond acceptors (Lipinski definition) is 5. The first-order chi connectivity index (χ1) is 15.3.